The Morgan fingerprint density at radius 3 is 2.54 bits per heavy atom. The maximum atomic E-state index is 13.9. The minimum Gasteiger partial charge on any atom is -0.397 e. The van der Waals surface area contributed by atoms with Gasteiger partial charge in [0, 0.05) is 66.6 Å². The Morgan fingerprint density at radius 1 is 1.17 bits per heavy atom. The molecule has 3 heterocycles. The molecule has 12 heteroatoms. The van der Waals surface area contributed by atoms with Gasteiger partial charge in [-0.05, 0) is 62.7 Å². The number of nitrogens with two attached hydrogens (primary N) is 2. The Morgan fingerprint density at radius 2 is 1.93 bits per heavy atom. The van der Waals surface area contributed by atoms with Crippen LogP contribution in [0.2, 0.25) is 0 Å². The molecule has 0 aliphatic carbocycles. The van der Waals surface area contributed by atoms with Crippen molar-refractivity contribution < 1.29 is 18.0 Å². The van der Waals surface area contributed by atoms with Crippen LogP contribution in [-0.2, 0) is 13.2 Å². The number of hydrogen-bond acceptors (Lipinski definition) is 7. The van der Waals surface area contributed by atoms with Crippen molar-refractivity contribution in [3.63, 3.8) is 0 Å². The standard InChI is InChI=1S/C29H35F3N8O/c1-5-38-14-24-12-23(38)15-39(24)22-10-20(29(30,31)32)9-21(11-22)36-28(41)19-7-6-17(2)27(8-19)40(34)16-26(33)25-13-35-37(4)18(25)3/h6-11,13,16,23-24H,5,12,14-15,33-34H2,1-4H3,(H,36,41)/b26-16-. The molecule has 0 radical (unpaired) electrons. The molecule has 5 N–H and O–H groups in total. The number of benzene rings is 2. The second-order valence-corrected chi connectivity index (χ2v) is 10.8. The maximum Gasteiger partial charge on any atom is 0.416 e. The van der Waals surface area contributed by atoms with Gasteiger partial charge in [-0.2, -0.15) is 18.3 Å². The molecule has 0 saturated carbocycles. The average molecular weight is 569 g/mol. The predicted octanol–water partition coefficient (Wildman–Crippen LogP) is 4.23. The van der Waals surface area contributed by atoms with Crippen LogP contribution in [0, 0.1) is 13.8 Å². The summed E-state index contributed by atoms with van der Waals surface area (Å²) in [5.74, 6) is 5.75. The number of likely N-dealkylation sites (tertiary alicyclic amines) is 1. The summed E-state index contributed by atoms with van der Waals surface area (Å²) < 4.78 is 43.3. The first-order chi connectivity index (χ1) is 19.3. The lowest BCUT2D eigenvalue weighted by molar-refractivity contribution is -0.137. The molecule has 2 saturated heterocycles. The summed E-state index contributed by atoms with van der Waals surface area (Å²) in [5, 5.41) is 8.18. The quantitative estimate of drug-likeness (QED) is 0.289. The van der Waals surface area contributed by atoms with Gasteiger partial charge in [0.15, 0.2) is 0 Å². The minimum absolute atomic E-state index is 0.0814. The van der Waals surface area contributed by atoms with E-state index in [1.54, 1.807) is 42.2 Å². The summed E-state index contributed by atoms with van der Waals surface area (Å²) in [6.07, 6.45) is -0.453. The molecular weight excluding hydrogens is 533 g/mol. The predicted molar refractivity (Wildman–Crippen MR) is 154 cm³/mol. The molecule has 2 aliphatic heterocycles. The van der Waals surface area contributed by atoms with Gasteiger partial charge < -0.3 is 16.0 Å². The van der Waals surface area contributed by atoms with Gasteiger partial charge in [0.1, 0.15) is 0 Å². The Kier molecular flexibility index (Phi) is 7.47. The van der Waals surface area contributed by atoms with Crippen LogP contribution < -0.4 is 26.8 Å². The number of hydrogen-bond donors (Lipinski definition) is 3. The van der Waals surface area contributed by atoms with Crippen molar-refractivity contribution in [2.24, 2.45) is 18.6 Å². The van der Waals surface area contributed by atoms with Gasteiger partial charge in [0.05, 0.1) is 23.1 Å². The van der Waals surface area contributed by atoms with Gasteiger partial charge in [0.25, 0.3) is 5.91 Å². The third-order valence-corrected chi connectivity index (χ3v) is 8.17. The second-order valence-electron chi connectivity index (χ2n) is 10.8. The number of alkyl halides is 3. The van der Waals surface area contributed by atoms with E-state index in [0.717, 1.165) is 42.4 Å². The highest BCUT2D eigenvalue weighted by Gasteiger charge is 2.43. The molecule has 2 atom stereocenters. The van der Waals surface area contributed by atoms with E-state index in [1.807, 2.05) is 18.7 Å². The van der Waals surface area contributed by atoms with Crippen molar-refractivity contribution >= 4 is 28.7 Å². The highest BCUT2D eigenvalue weighted by Crippen LogP contribution is 2.39. The number of carbonyl (C=O) groups is 1. The fourth-order valence-electron chi connectivity index (χ4n) is 5.77. The molecule has 0 spiro atoms. The van der Waals surface area contributed by atoms with E-state index in [4.69, 9.17) is 11.6 Å². The molecule has 2 aromatic carbocycles. The van der Waals surface area contributed by atoms with E-state index in [1.165, 1.54) is 17.3 Å². The van der Waals surface area contributed by atoms with Crippen molar-refractivity contribution in [3.05, 3.63) is 76.7 Å². The molecule has 3 aromatic rings. The van der Waals surface area contributed by atoms with Crippen molar-refractivity contribution in [3.8, 4) is 0 Å². The van der Waals surface area contributed by atoms with Crippen LogP contribution in [0.15, 0.2) is 48.8 Å². The Hall–Kier alpha value is -4.03. The highest BCUT2D eigenvalue weighted by atomic mass is 19.4. The van der Waals surface area contributed by atoms with Gasteiger partial charge in [-0.3, -0.25) is 19.4 Å². The lowest BCUT2D eigenvalue weighted by Gasteiger charge is -2.35. The molecule has 2 bridgehead atoms. The Labute approximate surface area is 237 Å². The minimum atomic E-state index is -4.56. The van der Waals surface area contributed by atoms with Gasteiger partial charge in [-0.1, -0.05) is 13.0 Å². The summed E-state index contributed by atoms with van der Waals surface area (Å²) in [4.78, 5) is 17.7. The zero-order valence-electron chi connectivity index (χ0n) is 23.5. The summed E-state index contributed by atoms with van der Waals surface area (Å²) in [5.41, 5.74) is 9.51. The fourth-order valence-corrected chi connectivity index (χ4v) is 5.77. The van der Waals surface area contributed by atoms with Gasteiger partial charge in [0.2, 0.25) is 0 Å². The third-order valence-electron chi connectivity index (χ3n) is 8.17. The first kappa shape index (κ1) is 28.5. The number of nitrogens with one attached hydrogen (secondary N) is 1. The number of piperazine rings is 1. The molecule has 5 rings (SSSR count). The molecule has 9 nitrogen and oxygen atoms in total. The SMILES string of the molecule is CCN1CC2CC1CN2c1cc(NC(=O)c2ccc(C)c(N(N)/C=C(\N)c3cnn(C)c3C)c2)cc(C(F)(F)F)c1. The second kappa shape index (κ2) is 10.7. The van der Waals surface area contributed by atoms with Crippen LogP contribution >= 0.6 is 0 Å². The number of carbonyl (C=O) groups excluding carboxylic acids is 1. The summed E-state index contributed by atoms with van der Waals surface area (Å²) in [6, 6.07) is 9.15. The Bertz CT molecular complexity index is 1500. The molecule has 2 aliphatic rings. The molecule has 1 amide bonds. The number of fused-ring (bicyclic) bond motifs is 2. The number of aromatic nitrogens is 2. The Balaban J connectivity index is 1.39. The molecular formula is C29H35F3N8O. The van der Waals surface area contributed by atoms with E-state index in [0.29, 0.717) is 29.7 Å². The lowest BCUT2D eigenvalue weighted by atomic mass is 10.1. The average Bonchev–Trinajstić information content (AvgIpc) is 3.62. The van der Waals surface area contributed by atoms with Crippen LogP contribution in [0.25, 0.3) is 5.70 Å². The van der Waals surface area contributed by atoms with Crippen molar-refractivity contribution in [1.29, 1.82) is 0 Å². The van der Waals surface area contributed by atoms with E-state index < -0.39 is 17.6 Å². The van der Waals surface area contributed by atoms with Crippen LogP contribution in [0.5, 0.6) is 0 Å². The molecule has 1 aromatic heterocycles. The van der Waals surface area contributed by atoms with Gasteiger partial charge in [-0.15, -0.1) is 0 Å². The van der Waals surface area contributed by atoms with Crippen molar-refractivity contribution in [2.75, 3.05) is 34.9 Å². The van der Waals surface area contributed by atoms with Crippen LogP contribution in [0.3, 0.4) is 0 Å². The highest BCUT2D eigenvalue weighted by molar-refractivity contribution is 6.05. The number of amides is 1. The number of rotatable bonds is 7. The number of halogens is 3. The maximum absolute atomic E-state index is 13.9. The first-order valence-corrected chi connectivity index (χ1v) is 13.5. The van der Waals surface area contributed by atoms with E-state index >= 15 is 0 Å². The number of anilines is 3. The van der Waals surface area contributed by atoms with Gasteiger partial charge >= 0.3 is 6.18 Å². The zero-order chi connectivity index (χ0) is 29.6. The third kappa shape index (κ3) is 5.62. The first-order valence-electron chi connectivity index (χ1n) is 13.5. The number of likely N-dealkylation sites (N-methyl/N-ethyl adjacent to an activating group) is 1. The lowest BCUT2D eigenvalue weighted by Crippen LogP contribution is -2.46. The topological polar surface area (TPSA) is 109 Å². The van der Waals surface area contributed by atoms with Crippen LogP contribution in [0.1, 0.15) is 46.1 Å². The van der Waals surface area contributed by atoms with Gasteiger partial charge in [-0.25, -0.2) is 5.84 Å². The van der Waals surface area contributed by atoms with Crippen molar-refractivity contribution in [2.45, 2.75) is 45.5 Å². The smallest absolute Gasteiger partial charge is 0.397 e. The normalized spacial score (nSPS) is 19.2. The van der Waals surface area contributed by atoms with E-state index in [9.17, 15) is 18.0 Å². The fraction of sp³-hybridized carbons (Fsp3) is 0.379. The molecule has 2 fully saturated rings. The van der Waals surface area contributed by atoms with E-state index in [-0.39, 0.29) is 17.3 Å². The van der Waals surface area contributed by atoms with Crippen LogP contribution in [-0.4, -0.2) is 52.3 Å². The molecule has 2 unspecified atom stereocenters. The molecule has 41 heavy (non-hydrogen) atoms. The summed E-state index contributed by atoms with van der Waals surface area (Å²) in [7, 11) is 1.81. The summed E-state index contributed by atoms with van der Waals surface area (Å²) >= 11 is 0. The summed E-state index contributed by atoms with van der Waals surface area (Å²) in [6.45, 7) is 8.21. The monoisotopic (exact) mass is 568 g/mol. The van der Waals surface area contributed by atoms with E-state index in [2.05, 4.69) is 22.2 Å². The van der Waals surface area contributed by atoms with Crippen molar-refractivity contribution in [1.82, 2.24) is 14.7 Å². The number of aryl methyl sites for hydroxylation is 2. The number of nitrogens with zero attached hydrogens (tertiary/aromatic N) is 5. The number of hydrazine groups is 1. The molecule has 218 valence electrons. The largest absolute Gasteiger partial charge is 0.416 e. The van der Waals surface area contributed by atoms with Crippen LogP contribution in [0.4, 0.5) is 30.2 Å². The zero-order valence-corrected chi connectivity index (χ0v) is 23.5.